The second-order valence-electron chi connectivity index (χ2n) is 7.67. The Morgan fingerprint density at radius 2 is 1.40 bits per heavy atom. The van der Waals surface area contributed by atoms with Crippen LogP contribution in [-0.2, 0) is 27.4 Å². The van der Waals surface area contributed by atoms with Crippen LogP contribution in [0.25, 0.3) is 0 Å². The Morgan fingerprint density at radius 3 is 1.97 bits per heavy atom. The molecular weight excluding hydrogens is 384 g/mol. The number of nitrogens with one attached hydrogen (secondary N) is 1. The highest BCUT2D eigenvalue weighted by Gasteiger charge is 2.43. The van der Waals surface area contributed by atoms with Gasteiger partial charge in [0.1, 0.15) is 13.2 Å². The SMILES string of the molecule is O=C(NC1CC2COCC(C1)N2C(=O)OCc1ccccc1)OCc1ccccc1. The summed E-state index contributed by atoms with van der Waals surface area (Å²) < 4.78 is 16.5. The minimum Gasteiger partial charge on any atom is -0.445 e. The molecule has 0 spiro atoms. The van der Waals surface area contributed by atoms with Crippen molar-refractivity contribution in [3.8, 4) is 0 Å². The molecule has 2 heterocycles. The van der Waals surface area contributed by atoms with Crippen LogP contribution >= 0.6 is 0 Å². The summed E-state index contributed by atoms with van der Waals surface area (Å²) in [5.41, 5.74) is 1.89. The van der Waals surface area contributed by atoms with E-state index in [2.05, 4.69) is 5.32 Å². The lowest BCUT2D eigenvalue weighted by Crippen LogP contribution is -2.62. The number of morpholine rings is 1. The third-order valence-electron chi connectivity index (χ3n) is 5.47. The van der Waals surface area contributed by atoms with Crippen LogP contribution in [-0.4, -0.2) is 48.4 Å². The molecule has 1 N–H and O–H groups in total. The highest BCUT2D eigenvalue weighted by atomic mass is 16.6. The fourth-order valence-corrected chi connectivity index (χ4v) is 4.06. The molecule has 30 heavy (non-hydrogen) atoms. The smallest absolute Gasteiger partial charge is 0.410 e. The van der Waals surface area contributed by atoms with Crippen LogP contribution in [0.15, 0.2) is 60.7 Å². The number of carbonyl (C=O) groups is 2. The van der Waals surface area contributed by atoms with Crippen molar-refractivity contribution in [1.82, 2.24) is 10.2 Å². The number of benzene rings is 2. The molecule has 2 saturated heterocycles. The molecule has 2 fully saturated rings. The van der Waals surface area contributed by atoms with E-state index in [1.807, 2.05) is 60.7 Å². The first-order chi connectivity index (χ1) is 14.7. The van der Waals surface area contributed by atoms with Gasteiger partial charge in [0.15, 0.2) is 0 Å². The molecule has 2 aromatic carbocycles. The predicted octanol–water partition coefficient (Wildman–Crippen LogP) is 3.48. The summed E-state index contributed by atoms with van der Waals surface area (Å²) in [6.07, 6.45) is 0.444. The molecule has 0 aliphatic carbocycles. The highest BCUT2D eigenvalue weighted by Crippen LogP contribution is 2.29. The molecule has 2 atom stereocenters. The van der Waals surface area contributed by atoms with Gasteiger partial charge in [-0.3, -0.25) is 4.90 Å². The van der Waals surface area contributed by atoms with Gasteiger partial charge in [-0.05, 0) is 24.0 Å². The van der Waals surface area contributed by atoms with E-state index >= 15 is 0 Å². The van der Waals surface area contributed by atoms with Crippen LogP contribution in [0.4, 0.5) is 9.59 Å². The maximum atomic E-state index is 12.7. The van der Waals surface area contributed by atoms with Crippen LogP contribution in [0.2, 0.25) is 0 Å². The van der Waals surface area contributed by atoms with Crippen molar-refractivity contribution < 1.29 is 23.8 Å². The van der Waals surface area contributed by atoms with E-state index in [9.17, 15) is 9.59 Å². The lowest BCUT2D eigenvalue weighted by atomic mass is 9.90. The Labute approximate surface area is 175 Å². The van der Waals surface area contributed by atoms with E-state index in [1.165, 1.54) is 0 Å². The van der Waals surface area contributed by atoms with Crippen molar-refractivity contribution in [2.75, 3.05) is 13.2 Å². The summed E-state index contributed by atoms with van der Waals surface area (Å²) in [6, 6.07) is 18.9. The zero-order valence-corrected chi connectivity index (χ0v) is 16.7. The number of alkyl carbamates (subject to hydrolysis) is 1. The maximum absolute atomic E-state index is 12.7. The molecule has 2 aliphatic rings. The lowest BCUT2D eigenvalue weighted by molar-refractivity contribution is -0.0730. The van der Waals surface area contributed by atoms with Gasteiger partial charge in [0.2, 0.25) is 0 Å². The largest absolute Gasteiger partial charge is 0.445 e. The molecular formula is C23H26N2O5. The Balaban J connectivity index is 1.28. The summed E-state index contributed by atoms with van der Waals surface area (Å²) >= 11 is 0. The summed E-state index contributed by atoms with van der Waals surface area (Å²) in [4.78, 5) is 26.7. The second kappa shape index (κ2) is 9.63. The highest BCUT2D eigenvalue weighted by molar-refractivity contribution is 5.70. The summed E-state index contributed by atoms with van der Waals surface area (Å²) in [7, 11) is 0. The number of rotatable bonds is 5. The molecule has 0 saturated carbocycles. The predicted molar refractivity (Wildman–Crippen MR) is 110 cm³/mol. The van der Waals surface area contributed by atoms with Gasteiger partial charge in [0.05, 0.1) is 25.3 Å². The van der Waals surface area contributed by atoms with Crippen LogP contribution in [0, 0.1) is 0 Å². The van der Waals surface area contributed by atoms with Gasteiger partial charge in [-0.1, -0.05) is 60.7 Å². The van der Waals surface area contributed by atoms with E-state index in [0.29, 0.717) is 26.1 Å². The van der Waals surface area contributed by atoms with Crippen molar-refractivity contribution in [2.45, 2.75) is 44.2 Å². The topological polar surface area (TPSA) is 77.1 Å². The Hall–Kier alpha value is -3.06. The van der Waals surface area contributed by atoms with Crippen LogP contribution < -0.4 is 5.32 Å². The Morgan fingerprint density at radius 1 is 0.867 bits per heavy atom. The van der Waals surface area contributed by atoms with E-state index in [-0.39, 0.29) is 37.4 Å². The number of fused-ring (bicyclic) bond motifs is 2. The van der Waals surface area contributed by atoms with Crippen molar-refractivity contribution in [2.24, 2.45) is 0 Å². The first-order valence-corrected chi connectivity index (χ1v) is 10.2. The fraction of sp³-hybridized carbons (Fsp3) is 0.391. The molecule has 2 aliphatic heterocycles. The average molecular weight is 410 g/mol. The first kappa shape index (κ1) is 20.2. The minimum absolute atomic E-state index is 0.0645. The molecule has 2 aromatic rings. The number of piperidine rings is 1. The quantitative estimate of drug-likeness (QED) is 0.817. The molecule has 2 amide bonds. The third-order valence-corrected chi connectivity index (χ3v) is 5.47. The third kappa shape index (κ3) is 5.10. The van der Waals surface area contributed by atoms with Gasteiger partial charge in [0.25, 0.3) is 0 Å². The maximum Gasteiger partial charge on any atom is 0.410 e. The van der Waals surface area contributed by atoms with Crippen LogP contribution in [0.1, 0.15) is 24.0 Å². The molecule has 4 rings (SSSR count). The normalized spacial score (nSPS) is 22.8. The van der Waals surface area contributed by atoms with Gasteiger partial charge in [0, 0.05) is 6.04 Å². The number of amides is 2. The first-order valence-electron chi connectivity index (χ1n) is 10.2. The average Bonchev–Trinajstić information content (AvgIpc) is 2.77. The van der Waals surface area contributed by atoms with Gasteiger partial charge >= 0.3 is 12.2 Å². The molecule has 0 radical (unpaired) electrons. The van der Waals surface area contributed by atoms with Gasteiger partial charge < -0.3 is 19.5 Å². The fourth-order valence-electron chi connectivity index (χ4n) is 4.06. The van der Waals surface area contributed by atoms with Gasteiger partial charge in [-0.25, -0.2) is 9.59 Å². The molecule has 2 bridgehead atoms. The number of carbonyl (C=O) groups excluding carboxylic acids is 2. The number of hydrogen-bond acceptors (Lipinski definition) is 5. The Bertz CT molecular complexity index is 831. The van der Waals surface area contributed by atoms with E-state index in [1.54, 1.807) is 4.90 Å². The van der Waals surface area contributed by atoms with E-state index in [0.717, 1.165) is 11.1 Å². The number of ether oxygens (including phenoxy) is 3. The van der Waals surface area contributed by atoms with Crippen molar-refractivity contribution in [3.63, 3.8) is 0 Å². The summed E-state index contributed by atoms with van der Waals surface area (Å²) in [5, 5.41) is 2.94. The zero-order valence-electron chi connectivity index (χ0n) is 16.7. The number of nitrogens with zero attached hydrogens (tertiary/aromatic N) is 1. The minimum atomic E-state index is -0.442. The molecule has 7 heteroatoms. The molecule has 158 valence electrons. The second-order valence-corrected chi connectivity index (χ2v) is 7.67. The van der Waals surface area contributed by atoms with Gasteiger partial charge in [-0.15, -0.1) is 0 Å². The standard InChI is InChI=1S/C23H26N2O5/c26-22(29-13-17-7-3-1-4-8-17)24-19-11-20-15-28-16-21(12-19)25(20)23(27)30-14-18-9-5-2-6-10-18/h1-10,19-21H,11-16H2,(H,24,26). The van der Waals surface area contributed by atoms with Crippen molar-refractivity contribution in [3.05, 3.63) is 71.8 Å². The molecule has 0 aromatic heterocycles. The lowest BCUT2D eigenvalue weighted by Gasteiger charge is -2.47. The van der Waals surface area contributed by atoms with E-state index < -0.39 is 6.09 Å². The van der Waals surface area contributed by atoms with Crippen LogP contribution in [0.5, 0.6) is 0 Å². The van der Waals surface area contributed by atoms with Gasteiger partial charge in [-0.2, -0.15) is 0 Å². The summed E-state index contributed by atoms with van der Waals surface area (Å²) in [6.45, 7) is 1.35. The Kier molecular flexibility index (Phi) is 6.49. The van der Waals surface area contributed by atoms with Crippen molar-refractivity contribution >= 4 is 12.2 Å². The van der Waals surface area contributed by atoms with E-state index in [4.69, 9.17) is 14.2 Å². The van der Waals surface area contributed by atoms with Crippen LogP contribution in [0.3, 0.4) is 0 Å². The summed E-state index contributed by atoms with van der Waals surface area (Å²) in [5.74, 6) is 0. The monoisotopic (exact) mass is 410 g/mol. The van der Waals surface area contributed by atoms with Crippen molar-refractivity contribution in [1.29, 1.82) is 0 Å². The zero-order chi connectivity index (χ0) is 20.8. The molecule has 2 unspecified atom stereocenters. The molecule has 7 nitrogen and oxygen atoms in total. The number of hydrogen-bond donors (Lipinski definition) is 1.